The van der Waals surface area contributed by atoms with Crippen LogP contribution in [0, 0.1) is 17.1 Å². The summed E-state index contributed by atoms with van der Waals surface area (Å²) in [6, 6.07) is 7.77. The van der Waals surface area contributed by atoms with E-state index in [4.69, 9.17) is 9.78 Å². The highest BCUT2D eigenvalue weighted by atomic mass is 19.1. The molecule has 0 aliphatic heterocycles. The third-order valence-electron chi connectivity index (χ3n) is 2.49. The molecule has 0 unspecified atom stereocenters. The lowest BCUT2D eigenvalue weighted by molar-refractivity contribution is 0.432. The highest BCUT2D eigenvalue weighted by Gasteiger charge is 2.15. The summed E-state index contributed by atoms with van der Waals surface area (Å²) in [5, 5.41) is 18.9. The predicted octanol–water partition coefficient (Wildman–Crippen LogP) is 2.14. The van der Waals surface area contributed by atoms with E-state index in [1.54, 1.807) is 12.1 Å². The molecule has 0 aliphatic rings. The quantitative estimate of drug-likeness (QED) is 0.757. The molecule has 6 nitrogen and oxygen atoms in total. The zero-order chi connectivity index (χ0) is 13.2. The molecule has 19 heavy (non-hydrogen) atoms. The van der Waals surface area contributed by atoms with Crippen molar-refractivity contribution in [1.29, 1.82) is 5.26 Å². The summed E-state index contributed by atoms with van der Waals surface area (Å²) in [7, 11) is 0. The van der Waals surface area contributed by atoms with Gasteiger partial charge in [-0.05, 0) is 12.1 Å². The monoisotopic (exact) mass is 255 g/mol. The summed E-state index contributed by atoms with van der Waals surface area (Å²) >= 11 is 0. The zero-order valence-electron chi connectivity index (χ0n) is 9.46. The first kappa shape index (κ1) is 11.1. The van der Waals surface area contributed by atoms with Gasteiger partial charge in [-0.25, -0.2) is 4.39 Å². The van der Waals surface area contributed by atoms with Crippen molar-refractivity contribution in [2.75, 3.05) is 0 Å². The summed E-state index contributed by atoms with van der Waals surface area (Å²) in [5.41, 5.74) is 1.14. The van der Waals surface area contributed by atoms with Gasteiger partial charge in [0.15, 0.2) is 0 Å². The number of hydrogen-bond acceptors (Lipinski definition) is 5. The number of nitrogens with zero attached hydrogens (tertiary/aromatic N) is 4. The van der Waals surface area contributed by atoms with Crippen molar-refractivity contribution in [2.24, 2.45) is 0 Å². The molecule has 7 heteroatoms. The molecule has 0 spiro atoms. The second-order valence-corrected chi connectivity index (χ2v) is 3.70. The average molecular weight is 255 g/mol. The fraction of sp³-hybridized carbons (Fsp3) is 0. The number of benzene rings is 1. The minimum Gasteiger partial charge on any atom is -0.333 e. The Morgan fingerprint density at radius 2 is 2.26 bits per heavy atom. The Labute approximate surface area is 106 Å². The van der Waals surface area contributed by atoms with Crippen LogP contribution in [0.2, 0.25) is 0 Å². The molecule has 0 radical (unpaired) electrons. The molecule has 1 aromatic carbocycles. The lowest BCUT2D eigenvalue weighted by Gasteiger charge is -1.92. The lowest BCUT2D eigenvalue weighted by atomic mass is 10.2. The van der Waals surface area contributed by atoms with Gasteiger partial charge in [-0.3, -0.25) is 5.10 Å². The van der Waals surface area contributed by atoms with Gasteiger partial charge >= 0.3 is 0 Å². The Bertz CT molecular complexity index is 770. The predicted molar refractivity (Wildman–Crippen MR) is 62.0 cm³/mol. The van der Waals surface area contributed by atoms with Crippen molar-refractivity contribution in [3.8, 4) is 28.9 Å². The van der Waals surface area contributed by atoms with E-state index < -0.39 is 0 Å². The van der Waals surface area contributed by atoms with Crippen LogP contribution in [0.5, 0.6) is 0 Å². The molecule has 2 heterocycles. The molecule has 0 saturated heterocycles. The van der Waals surface area contributed by atoms with Gasteiger partial charge in [-0.2, -0.15) is 15.3 Å². The van der Waals surface area contributed by atoms with Gasteiger partial charge in [0.1, 0.15) is 17.6 Å². The Morgan fingerprint density at radius 3 is 3.05 bits per heavy atom. The van der Waals surface area contributed by atoms with Crippen LogP contribution >= 0.6 is 0 Å². The number of halogens is 1. The first-order chi connectivity index (χ1) is 9.28. The Hall–Kier alpha value is -3.01. The molecule has 0 atom stereocenters. The second-order valence-electron chi connectivity index (χ2n) is 3.70. The summed E-state index contributed by atoms with van der Waals surface area (Å²) in [6.45, 7) is 0. The molecule has 3 aromatic rings. The molecular weight excluding hydrogens is 249 g/mol. The van der Waals surface area contributed by atoms with Crippen LogP contribution in [0.3, 0.4) is 0 Å². The molecule has 0 amide bonds. The molecule has 3 rings (SSSR count). The molecular formula is C12H6FN5O. The van der Waals surface area contributed by atoms with Crippen LogP contribution in [0.25, 0.3) is 22.8 Å². The third-order valence-corrected chi connectivity index (χ3v) is 2.49. The number of H-pyrrole nitrogens is 1. The maximum Gasteiger partial charge on any atom is 0.262 e. The van der Waals surface area contributed by atoms with Crippen LogP contribution in [0.1, 0.15) is 5.69 Å². The number of hydrogen-bond donors (Lipinski definition) is 1. The summed E-state index contributed by atoms with van der Waals surface area (Å²) in [4.78, 5) is 4.12. The van der Waals surface area contributed by atoms with Gasteiger partial charge in [-0.1, -0.05) is 17.3 Å². The maximum absolute atomic E-state index is 13.1. The number of aromatic nitrogens is 4. The molecule has 1 N–H and O–H groups in total. The largest absolute Gasteiger partial charge is 0.333 e. The standard InChI is InChI=1S/C12H6FN5O/c13-8-3-1-2-7(4-8)11-16-12(19-18-11)9-6-15-17-10(9)5-14/h1-4,6H,(H,15,17). The van der Waals surface area contributed by atoms with Crippen LogP contribution in [0.15, 0.2) is 35.0 Å². The van der Waals surface area contributed by atoms with Gasteiger partial charge in [0, 0.05) is 5.56 Å². The van der Waals surface area contributed by atoms with Gasteiger partial charge in [-0.15, -0.1) is 0 Å². The maximum atomic E-state index is 13.1. The molecule has 0 aliphatic carbocycles. The number of nitriles is 1. The topological polar surface area (TPSA) is 91.4 Å². The molecule has 0 bridgehead atoms. The van der Waals surface area contributed by atoms with E-state index >= 15 is 0 Å². The van der Waals surface area contributed by atoms with Crippen molar-refractivity contribution in [1.82, 2.24) is 20.3 Å². The fourth-order valence-corrected chi connectivity index (χ4v) is 1.61. The molecule has 92 valence electrons. The zero-order valence-corrected chi connectivity index (χ0v) is 9.46. The van der Waals surface area contributed by atoms with Gasteiger partial charge in [0.05, 0.1) is 11.8 Å². The van der Waals surface area contributed by atoms with Gasteiger partial charge < -0.3 is 4.52 Å². The van der Waals surface area contributed by atoms with Crippen molar-refractivity contribution >= 4 is 0 Å². The summed E-state index contributed by atoms with van der Waals surface area (Å²) in [5.74, 6) is 0.0222. The SMILES string of the molecule is N#Cc1[nH]ncc1-c1nc(-c2cccc(F)c2)no1. The van der Waals surface area contributed by atoms with Gasteiger partial charge in [0.2, 0.25) is 5.82 Å². The highest BCUT2D eigenvalue weighted by Crippen LogP contribution is 2.23. The first-order valence-electron chi connectivity index (χ1n) is 5.31. The fourth-order valence-electron chi connectivity index (χ4n) is 1.61. The van der Waals surface area contributed by atoms with Crippen molar-refractivity contribution in [3.63, 3.8) is 0 Å². The Morgan fingerprint density at radius 1 is 1.37 bits per heavy atom. The summed E-state index contributed by atoms with van der Waals surface area (Å²) < 4.78 is 18.2. The molecule has 0 saturated carbocycles. The number of aromatic amines is 1. The number of nitrogens with one attached hydrogen (secondary N) is 1. The van der Waals surface area contributed by atoms with Crippen LogP contribution in [0.4, 0.5) is 4.39 Å². The van der Waals surface area contributed by atoms with Crippen LogP contribution in [-0.4, -0.2) is 20.3 Å². The first-order valence-corrected chi connectivity index (χ1v) is 5.31. The minimum atomic E-state index is -0.384. The Kier molecular flexibility index (Phi) is 2.54. The Balaban J connectivity index is 2.03. The van der Waals surface area contributed by atoms with E-state index in [-0.39, 0.29) is 23.2 Å². The smallest absolute Gasteiger partial charge is 0.262 e. The van der Waals surface area contributed by atoms with Crippen molar-refractivity contribution < 1.29 is 8.91 Å². The van der Waals surface area contributed by atoms with Crippen LogP contribution < -0.4 is 0 Å². The second kappa shape index (κ2) is 4.34. The normalized spacial score (nSPS) is 10.3. The van der Waals surface area contributed by atoms with Crippen molar-refractivity contribution in [2.45, 2.75) is 0 Å². The van der Waals surface area contributed by atoms with Crippen molar-refractivity contribution in [3.05, 3.63) is 42.0 Å². The third kappa shape index (κ3) is 1.95. The lowest BCUT2D eigenvalue weighted by Crippen LogP contribution is -1.83. The average Bonchev–Trinajstić information content (AvgIpc) is 3.07. The van der Waals surface area contributed by atoms with Crippen LogP contribution in [-0.2, 0) is 0 Å². The van der Waals surface area contributed by atoms with Gasteiger partial charge in [0.25, 0.3) is 5.89 Å². The molecule has 0 fully saturated rings. The van der Waals surface area contributed by atoms with E-state index in [0.29, 0.717) is 11.1 Å². The van der Waals surface area contributed by atoms with E-state index in [2.05, 4.69) is 20.3 Å². The van der Waals surface area contributed by atoms with E-state index in [0.717, 1.165) is 0 Å². The minimum absolute atomic E-state index is 0.157. The highest BCUT2D eigenvalue weighted by molar-refractivity contribution is 5.62. The molecule has 2 aromatic heterocycles. The van der Waals surface area contributed by atoms with E-state index in [1.807, 2.05) is 6.07 Å². The van der Waals surface area contributed by atoms with E-state index in [9.17, 15) is 4.39 Å². The summed E-state index contributed by atoms with van der Waals surface area (Å²) in [6.07, 6.45) is 1.42. The van der Waals surface area contributed by atoms with E-state index in [1.165, 1.54) is 18.3 Å². The number of rotatable bonds is 2.